The molecule has 0 unspecified atom stereocenters. The first-order valence-corrected chi connectivity index (χ1v) is 12.5. The van der Waals surface area contributed by atoms with Crippen LogP contribution < -0.4 is 13.9 Å². The zero-order valence-corrected chi connectivity index (χ0v) is 23.0. The van der Waals surface area contributed by atoms with Gasteiger partial charge in [0.15, 0.2) is 0 Å². The number of rotatable bonds is 4. The molecule has 0 saturated carbocycles. The molecule has 0 atom stereocenters. The fourth-order valence-electron chi connectivity index (χ4n) is 3.50. The van der Waals surface area contributed by atoms with Gasteiger partial charge in [-0.05, 0) is 44.9 Å². The predicted octanol–water partition coefficient (Wildman–Crippen LogP) is 7.92. The fourth-order valence-corrected chi connectivity index (χ4v) is 4.18. The molecule has 0 aliphatic heterocycles. The lowest BCUT2D eigenvalue weighted by Gasteiger charge is -2.32. The van der Waals surface area contributed by atoms with Crippen LogP contribution in [0.1, 0.15) is 105 Å². The maximum Gasteiger partial charge on any atom is 0.210 e. The minimum Gasteiger partial charge on any atom is -0.765 e. The van der Waals surface area contributed by atoms with Crippen molar-refractivity contribution in [3.8, 4) is 11.5 Å². The Morgan fingerprint density at radius 3 is 1.09 bits per heavy atom. The molecule has 3 nitrogen and oxygen atoms in total. The van der Waals surface area contributed by atoms with Gasteiger partial charge < -0.3 is 13.9 Å². The first-order chi connectivity index (χ1) is 14.3. The van der Waals surface area contributed by atoms with Crippen molar-refractivity contribution in [2.75, 3.05) is 0 Å². The molecule has 2 aromatic carbocycles. The fraction of sp³-hybridized carbons (Fsp3) is 0.571. The first kappa shape index (κ1) is 26.7. The molecular formula is C28H42O3P-. The number of benzene rings is 2. The highest BCUT2D eigenvalue weighted by Crippen LogP contribution is 2.43. The molecule has 0 aromatic heterocycles. The van der Waals surface area contributed by atoms with E-state index >= 15 is 0 Å². The molecule has 0 aliphatic rings. The van der Waals surface area contributed by atoms with Gasteiger partial charge in [0.1, 0.15) is 11.5 Å². The molecule has 0 heterocycles. The lowest BCUT2D eigenvalue weighted by Crippen LogP contribution is -2.19. The lowest BCUT2D eigenvalue weighted by molar-refractivity contribution is -0.189. The number of hydrogen-bond acceptors (Lipinski definition) is 3. The molecule has 32 heavy (non-hydrogen) atoms. The monoisotopic (exact) mass is 457 g/mol. The molecule has 0 saturated heterocycles. The van der Waals surface area contributed by atoms with Gasteiger partial charge in [-0.15, -0.1) is 0 Å². The summed E-state index contributed by atoms with van der Waals surface area (Å²) in [6, 6.07) is 12.3. The number of hydrogen-bond donors (Lipinski definition) is 0. The molecule has 0 fully saturated rings. The van der Waals surface area contributed by atoms with Crippen molar-refractivity contribution < 1.29 is 13.9 Å². The zero-order valence-electron chi connectivity index (χ0n) is 22.1. The second-order valence-electron chi connectivity index (χ2n) is 12.8. The summed E-state index contributed by atoms with van der Waals surface area (Å²) in [7, 11) is -2.39. The third-order valence-electron chi connectivity index (χ3n) is 5.65. The van der Waals surface area contributed by atoms with E-state index in [0.29, 0.717) is 11.5 Å². The van der Waals surface area contributed by atoms with E-state index in [1.807, 2.05) is 24.3 Å². The standard InChI is InChI=1S/C28H42O3P/c1-25(2,3)19-13-15-23(21(17-19)27(7,8)9)30-32(29)31-24-16-14-20(26(4,5)6)18-22(24)28(10,11)12/h13-18H,1-12H3/q-1. The summed E-state index contributed by atoms with van der Waals surface area (Å²) in [6.45, 7) is 26.0. The maximum atomic E-state index is 13.0. The third kappa shape index (κ3) is 6.72. The lowest BCUT2D eigenvalue weighted by atomic mass is 9.80. The average Bonchev–Trinajstić information content (AvgIpc) is 2.58. The van der Waals surface area contributed by atoms with Crippen LogP contribution in [0.5, 0.6) is 11.5 Å². The third-order valence-corrected chi connectivity index (χ3v) is 6.34. The highest BCUT2D eigenvalue weighted by atomic mass is 31.2. The Morgan fingerprint density at radius 1 is 0.531 bits per heavy atom. The van der Waals surface area contributed by atoms with Gasteiger partial charge in [-0.1, -0.05) is 107 Å². The van der Waals surface area contributed by atoms with E-state index in [1.54, 1.807) is 0 Å². The molecule has 178 valence electrons. The summed E-state index contributed by atoms with van der Waals surface area (Å²) in [5.74, 6) is 1.21. The molecular weight excluding hydrogens is 415 g/mol. The Hall–Kier alpha value is -1.57. The Kier molecular flexibility index (Phi) is 7.50. The minimum atomic E-state index is -2.39. The van der Waals surface area contributed by atoms with Gasteiger partial charge in [-0.3, -0.25) is 0 Å². The molecule has 4 heteroatoms. The minimum absolute atomic E-state index is 0.0215. The summed E-state index contributed by atoms with van der Waals surface area (Å²) < 4.78 is 11.8. The van der Waals surface area contributed by atoms with Gasteiger partial charge in [0, 0.05) is 11.1 Å². The van der Waals surface area contributed by atoms with Crippen molar-refractivity contribution in [1.29, 1.82) is 0 Å². The second-order valence-corrected chi connectivity index (χ2v) is 13.6. The van der Waals surface area contributed by atoms with Gasteiger partial charge in [0.2, 0.25) is 8.60 Å². The summed E-state index contributed by atoms with van der Waals surface area (Å²) in [4.78, 5) is 13.0. The van der Waals surface area contributed by atoms with Crippen LogP contribution >= 0.6 is 8.60 Å². The SMILES string of the molecule is CC(C)(C)c1ccc(OP([O-])Oc2ccc(C(C)(C)C)cc2C(C)(C)C)c(C(C)(C)C)c1. The van der Waals surface area contributed by atoms with Crippen molar-refractivity contribution in [2.45, 2.75) is 105 Å². The summed E-state index contributed by atoms with van der Waals surface area (Å²) >= 11 is 0. The van der Waals surface area contributed by atoms with Gasteiger partial charge in [0.25, 0.3) is 0 Å². The molecule has 0 N–H and O–H groups in total. The van der Waals surface area contributed by atoms with E-state index in [1.165, 1.54) is 11.1 Å². The largest absolute Gasteiger partial charge is 0.765 e. The summed E-state index contributed by atoms with van der Waals surface area (Å²) in [6.07, 6.45) is 0. The van der Waals surface area contributed by atoms with Crippen molar-refractivity contribution in [1.82, 2.24) is 0 Å². The Labute approximate surface area is 197 Å². The van der Waals surface area contributed by atoms with Crippen molar-refractivity contribution in [3.63, 3.8) is 0 Å². The molecule has 0 aliphatic carbocycles. The van der Waals surface area contributed by atoms with Gasteiger partial charge >= 0.3 is 0 Å². The van der Waals surface area contributed by atoms with Crippen LogP contribution in [-0.2, 0) is 21.7 Å². The van der Waals surface area contributed by atoms with Crippen LogP contribution in [0.2, 0.25) is 0 Å². The summed E-state index contributed by atoms with van der Waals surface area (Å²) in [5.41, 5.74) is 4.22. The van der Waals surface area contributed by atoms with Crippen LogP contribution in [0.3, 0.4) is 0 Å². The van der Waals surface area contributed by atoms with Crippen molar-refractivity contribution >= 4 is 8.60 Å². The summed E-state index contributed by atoms with van der Waals surface area (Å²) in [5, 5.41) is 0. The van der Waals surface area contributed by atoms with Crippen LogP contribution in [0.4, 0.5) is 0 Å². The first-order valence-electron chi connectivity index (χ1n) is 11.4. The van der Waals surface area contributed by atoms with E-state index in [2.05, 4.69) is 95.2 Å². The molecule has 2 aromatic rings. The molecule has 0 spiro atoms. The van der Waals surface area contributed by atoms with Crippen LogP contribution in [0.15, 0.2) is 36.4 Å². The molecule has 0 radical (unpaired) electrons. The highest BCUT2D eigenvalue weighted by molar-refractivity contribution is 7.39. The van der Waals surface area contributed by atoms with Crippen LogP contribution in [-0.4, -0.2) is 0 Å². The Bertz CT molecular complexity index is 858. The van der Waals surface area contributed by atoms with E-state index in [9.17, 15) is 4.89 Å². The molecule has 2 rings (SSSR count). The van der Waals surface area contributed by atoms with Crippen molar-refractivity contribution in [3.05, 3.63) is 58.7 Å². The second kappa shape index (κ2) is 8.99. The van der Waals surface area contributed by atoms with Crippen LogP contribution in [0.25, 0.3) is 0 Å². The molecule has 0 bridgehead atoms. The van der Waals surface area contributed by atoms with E-state index in [-0.39, 0.29) is 21.7 Å². The highest BCUT2D eigenvalue weighted by Gasteiger charge is 2.26. The van der Waals surface area contributed by atoms with Crippen LogP contribution in [0, 0.1) is 0 Å². The Morgan fingerprint density at radius 2 is 0.844 bits per heavy atom. The van der Waals surface area contributed by atoms with Gasteiger partial charge in [-0.25, -0.2) is 0 Å². The average molecular weight is 458 g/mol. The topological polar surface area (TPSA) is 41.5 Å². The smallest absolute Gasteiger partial charge is 0.210 e. The zero-order chi connectivity index (χ0) is 24.7. The van der Waals surface area contributed by atoms with E-state index < -0.39 is 8.60 Å². The predicted molar refractivity (Wildman–Crippen MR) is 136 cm³/mol. The molecule has 0 amide bonds. The quantitative estimate of drug-likeness (QED) is 0.438. The maximum absolute atomic E-state index is 13.0. The van der Waals surface area contributed by atoms with Crippen molar-refractivity contribution in [2.24, 2.45) is 0 Å². The normalized spacial score (nSPS) is 13.4. The van der Waals surface area contributed by atoms with E-state index in [4.69, 9.17) is 9.05 Å². The van der Waals surface area contributed by atoms with E-state index in [0.717, 1.165) is 11.1 Å². The van der Waals surface area contributed by atoms with Gasteiger partial charge in [0.05, 0.1) is 0 Å². The van der Waals surface area contributed by atoms with Gasteiger partial charge in [-0.2, -0.15) is 0 Å². The Balaban J connectivity index is 2.38.